The first-order valence-corrected chi connectivity index (χ1v) is 6.11. The molecule has 0 aromatic rings. The predicted octanol–water partition coefficient (Wildman–Crippen LogP) is 1.89. The molecule has 0 aliphatic heterocycles. The number of aliphatic carboxylic acids is 1. The van der Waals surface area contributed by atoms with Crippen LogP contribution in [-0.2, 0) is 9.53 Å². The third kappa shape index (κ3) is 8.68. The molecule has 0 fully saturated rings. The molecule has 2 atom stereocenters. The lowest BCUT2D eigenvalue weighted by Crippen LogP contribution is -2.29. The summed E-state index contributed by atoms with van der Waals surface area (Å²) >= 11 is 0. The molecule has 4 heteroatoms. The molecule has 0 aliphatic carbocycles. The summed E-state index contributed by atoms with van der Waals surface area (Å²) in [5.41, 5.74) is 0. The van der Waals surface area contributed by atoms with E-state index in [-0.39, 0.29) is 5.92 Å². The van der Waals surface area contributed by atoms with Gasteiger partial charge < -0.3 is 15.2 Å². The molecular weight excluding hydrogens is 206 g/mol. The van der Waals surface area contributed by atoms with Crippen molar-refractivity contribution in [3.8, 4) is 0 Å². The molecule has 0 heterocycles. The summed E-state index contributed by atoms with van der Waals surface area (Å²) in [6, 6.07) is 0.432. The third-order valence-corrected chi connectivity index (χ3v) is 2.64. The molecule has 0 aliphatic rings. The number of carboxylic acids is 1. The monoisotopic (exact) mass is 231 g/mol. The maximum atomic E-state index is 10.6. The molecule has 4 nitrogen and oxygen atoms in total. The van der Waals surface area contributed by atoms with Gasteiger partial charge in [0.25, 0.3) is 0 Å². The van der Waals surface area contributed by atoms with Gasteiger partial charge in [-0.25, -0.2) is 0 Å². The average Bonchev–Trinajstić information content (AvgIpc) is 2.24. The zero-order chi connectivity index (χ0) is 12.4. The van der Waals surface area contributed by atoms with E-state index in [1.165, 1.54) is 0 Å². The molecule has 0 spiro atoms. The summed E-state index contributed by atoms with van der Waals surface area (Å²) in [7, 11) is 0. The number of hydrogen-bond acceptors (Lipinski definition) is 3. The van der Waals surface area contributed by atoms with Crippen molar-refractivity contribution in [2.75, 3.05) is 19.8 Å². The van der Waals surface area contributed by atoms with Crippen molar-refractivity contribution in [3.63, 3.8) is 0 Å². The van der Waals surface area contributed by atoms with Crippen LogP contribution in [-0.4, -0.2) is 36.9 Å². The normalized spacial score (nSPS) is 14.7. The molecule has 2 N–H and O–H groups in total. The fraction of sp³-hybridized carbons (Fsp3) is 0.917. The molecular formula is C12H25NO3. The molecule has 0 rings (SSSR count). The standard InChI is InChI=1S/C12H25NO3/c1-4-16-9-8-13-11(3)7-5-6-10(2)12(14)15/h10-11,13H,4-9H2,1-3H3,(H,14,15). The number of rotatable bonds is 10. The molecule has 96 valence electrons. The number of carbonyl (C=O) groups is 1. The smallest absolute Gasteiger partial charge is 0.306 e. The van der Waals surface area contributed by atoms with Crippen LogP contribution in [0.25, 0.3) is 0 Å². The second kappa shape index (κ2) is 9.60. The Kier molecular flexibility index (Phi) is 9.24. The van der Waals surface area contributed by atoms with E-state index >= 15 is 0 Å². The zero-order valence-electron chi connectivity index (χ0n) is 10.7. The SMILES string of the molecule is CCOCCNC(C)CCCC(C)C(=O)O. The Morgan fingerprint density at radius 1 is 1.38 bits per heavy atom. The molecule has 16 heavy (non-hydrogen) atoms. The summed E-state index contributed by atoms with van der Waals surface area (Å²) < 4.78 is 5.22. The molecule has 2 unspecified atom stereocenters. The summed E-state index contributed by atoms with van der Waals surface area (Å²) in [6.45, 7) is 8.23. The van der Waals surface area contributed by atoms with Gasteiger partial charge >= 0.3 is 5.97 Å². The minimum absolute atomic E-state index is 0.226. The van der Waals surface area contributed by atoms with Gasteiger partial charge in [0, 0.05) is 19.2 Å². The summed E-state index contributed by atoms with van der Waals surface area (Å²) in [5, 5.41) is 12.1. The van der Waals surface area contributed by atoms with Crippen LogP contribution in [0.3, 0.4) is 0 Å². The quantitative estimate of drug-likeness (QED) is 0.564. The zero-order valence-corrected chi connectivity index (χ0v) is 10.7. The van der Waals surface area contributed by atoms with Crippen LogP contribution < -0.4 is 5.32 Å². The first-order valence-electron chi connectivity index (χ1n) is 6.11. The van der Waals surface area contributed by atoms with Crippen molar-refractivity contribution in [2.45, 2.75) is 46.1 Å². The maximum Gasteiger partial charge on any atom is 0.306 e. The van der Waals surface area contributed by atoms with E-state index < -0.39 is 5.97 Å². The second-order valence-electron chi connectivity index (χ2n) is 4.22. The van der Waals surface area contributed by atoms with Gasteiger partial charge in [-0.15, -0.1) is 0 Å². The summed E-state index contributed by atoms with van der Waals surface area (Å²) in [5.74, 6) is -0.924. The van der Waals surface area contributed by atoms with Crippen molar-refractivity contribution in [2.24, 2.45) is 5.92 Å². The van der Waals surface area contributed by atoms with E-state index in [0.717, 1.165) is 39.0 Å². The topological polar surface area (TPSA) is 58.6 Å². The first kappa shape index (κ1) is 15.4. The summed E-state index contributed by atoms with van der Waals surface area (Å²) in [6.07, 6.45) is 2.73. The van der Waals surface area contributed by atoms with Crippen molar-refractivity contribution in [1.82, 2.24) is 5.32 Å². The predicted molar refractivity (Wildman–Crippen MR) is 64.6 cm³/mol. The van der Waals surface area contributed by atoms with E-state index in [1.54, 1.807) is 6.92 Å². The van der Waals surface area contributed by atoms with Crippen molar-refractivity contribution < 1.29 is 14.6 Å². The average molecular weight is 231 g/mol. The Bertz CT molecular complexity index is 185. The first-order chi connectivity index (χ1) is 7.57. The lowest BCUT2D eigenvalue weighted by molar-refractivity contribution is -0.141. The minimum atomic E-state index is -0.697. The van der Waals surface area contributed by atoms with Gasteiger partial charge in [0.05, 0.1) is 12.5 Å². The third-order valence-electron chi connectivity index (χ3n) is 2.64. The molecule has 0 aromatic heterocycles. The largest absolute Gasteiger partial charge is 0.481 e. The lowest BCUT2D eigenvalue weighted by atomic mass is 10.0. The fourth-order valence-corrected chi connectivity index (χ4v) is 1.48. The molecule has 0 radical (unpaired) electrons. The molecule has 0 bridgehead atoms. The molecule has 0 saturated heterocycles. The van der Waals surface area contributed by atoms with Gasteiger partial charge in [0.2, 0.25) is 0 Å². The fourth-order valence-electron chi connectivity index (χ4n) is 1.48. The molecule has 0 amide bonds. The maximum absolute atomic E-state index is 10.6. The molecule has 0 saturated carbocycles. The Hall–Kier alpha value is -0.610. The van der Waals surface area contributed by atoms with Crippen LogP contribution >= 0.6 is 0 Å². The Morgan fingerprint density at radius 3 is 2.62 bits per heavy atom. The number of nitrogens with one attached hydrogen (secondary N) is 1. The van der Waals surface area contributed by atoms with Crippen LogP contribution in [0.15, 0.2) is 0 Å². The van der Waals surface area contributed by atoms with Gasteiger partial charge in [-0.1, -0.05) is 13.3 Å². The van der Waals surface area contributed by atoms with Crippen LogP contribution in [0.2, 0.25) is 0 Å². The molecule has 0 aromatic carbocycles. The van der Waals surface area contributed by atoms with Gasteiger partial charge in [0.15, 0.2) is 0 Å². The highest BCUT2D eigenvalue weighted by Crippen LogP contribution is 2.09. The van der Waals surface area contributed by atoms with Gasteiger partial charge in [-0.3, -0.25) is 4.79 Å². The highest BCUT2D eigenvalue weighted by molar-refractivity contribution is 5.69. The van der Waals surface area contributed by atoms with Crippen LogP contribution in [0, 0.1) is 5.92 Å². The van der Waals surface area contributed by atoms with Crippen LogP contribution in [0.1, 0.15) is 40.0 Å². The summed E-state index contributed by atoms with van der Waals surface area (Å²) in [4.78, 5) is 10.6. The van der Waals surface area contributed by atoms with Gasteiger partial charge in [-0.05, 0) is 26.7 Å². The Balaban J connectivity index is 3.36. The van der Waals surface area contributed by atoms with E-state index in [0.29, 0.717) is 6.04 Å². The highest BCUT2D eigenvalue weighted by atomic mass is 16.5. The van der Waals surface area contributed by atoms with Crippen LogP contribution in [0.4, 0.5) is 0 Å². The Morgan fingerprint density at radius 2 is 2.06 bits per heavy atom. The second-order valence-corrected chi connectivity index (χ2v) is 4.22. The number of hydrogen-bond donors (Lipinski definition) is 2. The van der Waals surface area contributed by atoms with Gasteiger partial charge in [0.1, 0.15) is 0 Å². The van der Waals surface area contributed by atoms with Crippen molar-refractivity contribution in [3.05, 3.63) is 0 Å². The van der Waals surface area contributed by atoms with E-state index in [9.17, 15) is 4.79 Å². The highest BCUT2D eigenvalue weighted by Gasteiger charge is 2.10. The Labute approximate surface area is 98.4 Å². The van der Waals surface area contributed by atoms with E-state index in [4.69, 9.17) is 9.84 Å². The number of ether oxygens (including phenoxy) is 1. The van der Waals surface area contributed by atoms with E-state index in [1.807, 2.05) is 6.92 Å². The minimum Gasteiger partial charge on any atom is -0.481 e. The number of carboxylic acid groups (broad SMARTS) is 1. The van der Waals surface area contributed by atoms with Crippen molar-refractivity contribution in [1.29, 1.82) is 0 Å². The van der Waals surface area contributed by atoms with Crippen LogP contribution in [0.5, 0.6) is 0 Å². The van der Waals surface area contributed by atoms with Crippen molar-refractivity contribution >= 4 is 5.97 Å². The lowest BCUT2D eigenvalue weighted by Gasteiger charge is -2.14. The van der Waals surface area contributed by atoms with Gasteiger partial charge in [-0.2, -0.15) is 0 Å². The van der Waals surface area contributed by atoms with E-state index in [2.05, 4.69) is 12.2 Å².